The summed E-state index contributed by atoms with van der Waals surface area (Å²) < 4.78 is 4.96. The summed E-state index contributed by atoms with van der Waals surface area (Å²) in [6.07, 6.45) is -0.877. The molecule has 2 aromatic carbocycles. The van der Waals surface area contributed by atoms with E-state index in [4.69, 9.17) is 4.74 Å². The van der Waals surface area contributed by atoms with Crippen LogP contribution in [0.2, 0.25) is 0 Å². The van der Waals surface area contributed by atoms with Gasteiger partial charge in [-0.3, -0.25) is 9.69 Å². The first-order valence-corrected chi connectivity index (χ1v) is 7.96. The van der Waals surface area contributed by atoms with Crippen LogP contribution in [0, 0.1) is 5.41 Å². The Morgan fingerprint density at radius 3 is 1.92 bits per heavy atom. The molecule has 25 heavy (non-hydrogen) atoms. The molecule has 0 saturated carbocycles. The van der Waals surface area contributed by atoms with E-state index in [2.05, 4.69) is 0 Å². The normalized spacial score (nSPS) is 10.8. The Balaban J connectivity index is 2.21. The lowest BCUT2D eigenvalue weighted by Gasteiger charge is -2.25. The molecular formula is C20H21NO4. The minimum atomic E-state index is -0.877. The Morgan fingerprint density at radius 1 is 0.880 bits per heavy atom. The van der Waals surface area contributed by atoms with Crippen molar-refractivity contribution in [2.45, 2.75) is 20.8 Å². The predicted octanol–water partition coefficient (Wildman–Crippen LogP) is 4.09. The molecule has 0 N–H and O–H groups in total. The highest BCUT2D eigenvalue weighted by atomic mass is 16.6. The molecule has 0 aliphatic carbocycles. The molecule has 0 aliphatic rings. The Bertz CT molecular complexity index is 748. The topological polar surface area (TPSA) is 63.7 Å². The number of ether oxygens (including phenoxy) is 1. The van der Waals surface area contributed by atoms with Crippen LogP contribution in [0.5, 0.6) is 0 Å². The van der Waals surface area contributed by atoms with E-state index in [1.807, 2.05) is 0 Å². The Labute approximate surface area is 147 Å². The first kappa shape index (κ1) is 18.4. The molecule has 5 heteroatoms. The molecule has 0 fully saturated rings. The largest absolute Gasteiger partial charge is 0.422 e. The third-order valence-corrected chi connectivity index (χ3v) is 3.62. The van der Waals surface area contributed by atoms with Crippen molar-refractivity contribution in [2.24, 2.45) is 5.41 Å². The third-order valence-electron chi connectivity index (χ3n) is 3.62. The van der Waals surface area contributed by atoms with Crippen LogP contribution < -0.4 is 4.90 Å². The quantitative estimate of drug-likeness (QED) is 0.622. The SMILES string of the molecule is CC(C)(C)C(=O)CN(C(=O)OC(=O)c1ccccc1)c1ccccc1. The molecule has 0 saturated heterocycles. The van der Waals surface area contributed by atoms with Gasteiger partial charge in [-0.05, 0) is 24.3 Å². The Kier molecular flexibility index (Phi) is 5.70. The van der Waals surface area contributed by atoms with Gasteiger partial charge < -0.3 is 4.74 Å². The van der Waals surface area contributed by atoms with Gasteiger partial charge in [-0.15, -0.1) is 0 Å². The highest BCUT2D eigenvalue weighted by Gasteiger charge is 2.29. The van der Waals surface area contributed by atoms with Gasteiger partial charge in [0.1, 0.15) is 0 Å². The summed E-state index contributed by atoms with van der Waals surface area (Å²) in [6.45, 7) is 5.16. The van der Waals surface area contributed by atoms with Crippen molar-refractivity contribution >= 4 is 23.5 Å². The number of Topliss-reactive ketones (excluding diaryl/α,β-unsaturated/α-hetero) is 1. The van der Waals surface area contributed by atoms with E-state index in [1.165, 1.54) is 4.90 Å². The van der Waals surface area contributed by atoms with Crippen molar-refractivity contribution < 1.29 is 19.1 Å². The fourth-order valence-corrected chi connectivity index (χ4v) is 2.02. The molecule has 0 aliphatic heterocycles. The van der Waals surface area contributed by atoms with Gasteiger partial charge in [0.2, 0.25) is 0 Å². The van der Waals surface area contributed by atoms with Crippen molar-refractivity contribution in [1.82, 2.24) is 0 Å². The fraction of sp³-hybridized carbons (Fsp3) is 0.250. The predicted molar refractivity (Wildman–Crippen MR) is 95.5 cm³/mol. The Hall–Kier alpha value is -2.95. The van der Waals surface area contributed by atoms with Gasteiger partial charge in [0, 0.05) is 11.1 Å². The van der Waals surface area contributed by atoms with E-state index in [0.717, 1.165) is 0 Å². The molecule has 0 bridgehead atoms. The maximum Gasteiger partial charge on any atom is 0.422 e. The molecule has 5 nitrogen and oxygen atoms in total. The van der Waals surface area contributed by atoms with Gasteiger partial charge in [0.05, 0.1) is 12.1 Å². The maximum atomic E-state index is 12.5. The Morgan fingerprint density at radius 2 is 1.40 bits per heavy atom. The average Bonchev–Trinajstić information content (AvgIpc) is 2.60. The molecule has 1 amide bonds. The minimum Gasteiger partial charge on any atom is -0.372 e. The van der Waals surface area contributed by atoms with Crippen LogP contribution in [0.25, 0.3) is 0 Å². The van der Waals surface area contributed by atoms with Gasteiger partial charge in [0.25, 0.3) is 0 Å². The number of esters is 1. The van der Waals surface area contributed by atoms with Gasteiger partial charge >= 0.3 is 12.1 Å². The third kappa shape index (κ3) is 5.01. The summed E-state index contributed by atoms with van der Waals surface area (Å²) in [5, 5.41) is 0. The zero-order valence-corrected chi connectivity index (χ0v) is 14.6. The van der Waals surface area contributed by atoms with Crippen LogP contribution in [-0.4, -0.2) is 24.4 Å². The summed E-state index contributed by atoms with van der Waals surface area (Å²) in [5.41, 5.74) is 0.147. The second-order valence-electron chi connectivity index (χ2n) is 6.62. The zero-order chi connectivity index (χ0) is 18.4. The van der Waals surface area contributed by atoms with Crippen molar-refractivity contribution in [2.75, 3.05) is 11.4 Å². The van der Waals surface area contributed by atoms with E-state index in [0.29, 0.717) is 5.69 Å². The molecule has 0 unspecified atom stereocenters. The standard InChI is InChI=1S/C20H21NO4/c1-20(2,3)17(22)14-21(16-12-8-5-9-13-16)19(24)25-18(23)15-10-6-4-7-11-15/h4-13H,14H2,1-3H3. The number of para-hydroxylation sites is 1. The lowest BCUT2D eigenvalue weighted by molar-refractivity contribution is -0.124. The molecule has 0 heterocycles. The summed E-state index contributed by atoms with van der Waals surface area (Å²) in [4.78, 5) is 38.2. The number of hydrogen-bond donors (Lipinski definition) is 0. The number of hydrogen-bond acceptors (Lipinski definition) is 4. The van der Waals surface area contributed by atoms with E-state index in [1.54, 1.807) is 81.4 Å². The number of rotatable bonds is 4. The van der Waals surface area contributed by atoms with E-state index in [-0.39, 0.29) is 17.9 Å². The molecule has 2 aromatic rings. The summed E-state index contributed by atoms with van der Waals surface area (Å²) >= 11 is 0. The highest BCUT2D eigenvalue weighted by molar-refractivity contribution is 6.04. The summed E-state index contributed by atoms with van der Waals surface area (Å²) in [6, 6.07) is 16.9. The minimum absolute atomic E-state index is 0.138. The van der Waals surface area contributed by atoms with E-state index < -0.39 is 17.5 Å². The lowest BCUT2D eigenvalue weighted by atomic mass is 9.90. The number of amides is 1. The molecule has 0 atom stereocenters. The van der Waals surface area contributed by atoms with Gasteiger partial charge in [-0.1, -0.05) is 57.2 Å². The first-order chi connectivity index (χ1) is 11.8. The van der Waals surface area contributed by atoms with Crippen LogP contribution >= 0.6 is 0 Å². The number of carbonyl (C=O) groups is 3. The molecule has 2 rings (SSSR count). The lowest BCUT2D eigenvalue weighted by Crippen LogP contribution is -2.41. The maximum absolute atomic E-state index is 12.5. The van der Waals surface area contributed by atoms with Gasteiger partial charge in [-0.2, -0.15) is 0 Å². The van der Waals surface area contributed by atoms with Crippen molar-refractivity contribution in [1.29, 1.82) is 0 Å². The van der Waals surface area contributed by atoms with Crippen LogP contribution in [0.3, 0.4) is 0 Å². The number of nitrogens with zero attached hydrogens (tertiary/aromatic N) is 1. The molecule has 0 radical (unpaired) electrons. The average molecular weight is 339 g/mol. The number of carbonyl (C=O) groups excluding carboxylic acids is 3. The number of ketones is 1. The van der Waals surface area contributed by atoms with Crippen molar-refractivity contribution in [3.63, 3.8) is 0 Å². The second kappa shape index (κ2) is 7.75. The van der Waals surface area contributed by atoms with Gasteiger partial charge in [0.15, 0.2) is 5.78 Å². The molecule has 0 spiro atoms. The molecule has 130 valence electrons. The van der Waals surface area contributed by atoms with E-state index >= 15 is 0 Å². The number of anilines is 1. The van der Waals surface area contributed by atoms with Crippen molar-refractivity contribution in [3.05, 3.63) is 66.2 Å². The van der Waals surface area contributed by atoms with Crippen LogP contribution in [0.15, 0.2) is 60.7 Å². The van der Waals surface area contributed by atoms with E-state index in [9.17, 15) is 14.4 Å². The first-order valence-electron chi connectivity index (χ1n) is 7.96. The van der Waals surface area contributed by atoms with Gasteiger partial charge in [-0.25, -0.2) is 9.59 Å². The fourth-order valence-electron chi connectivity index (χ4n) is 2.02. The van der Waals surface area contributed by atoms with Crippen LogP contribution in [-0.2, 0) is 9.53 Å². The van der Waals surface area contributed by atoms with Crippen LogP contribution in [0.1, 0.15) is 31.1 Å². The summed E-state index contributed by atoms with van der Waals surface area (Å²) in [7, 11) is 0. The second-order valence-corrected chi connectivity index (χ2v) is 6.62. The number of benzene rings is 2. The monoisotopic (exact) mass is 339 g/mol. The van der Waals surface area contributed by atoms with Crippen LogP contribution in [0.4, 0.5) is 10.5 Å². The van der Waals surface area contributed by atoms with Crippen molar-refractivity contribution in [3.8, 4) is 0 Å². The highest BCUT2D eigenvalue weighted by Crippen LogP contribution is 2.20. The smallest absolute Gasteiger partial charge is 0.372 e. The zero-order valence-electron chi connectivity index (χ0n) is 14.6. The molecular weight excluding hydrogens is 318 g/mol. The molecule has 0 aromatic heterocycles. The summed E-state index contributed by atoms with van der Waals surface area (Å²) in [5.74, 6) is -0.893.